The molecule has 1 aromatic carbocycles. The molecule has 4 nitrogen and oxygen atoms in total. The Balaban J connectivity index is 1.81. The maximum atomic E-state index is 12.8. The lowest BCUT2D eigenvalue weighted by Crippen LogP contribution is -2.17. The number of rotatable bonds is 6. The predicted octanol–water partition coefficient (Wildman–Crippen LogP) is 6.29. The molecule has 0 aliphatic rings. The molecule has 2 aromatic heterocycles. The summed E-state index contributed by atoms with van der Waals surface area (Å²) >= 11 is 3.15. The number of benzene rings is 1. The zero-order chi connectivity index (χ0) is 20.4. The van der Waals surface area contributed by atoms with Crippen LogP contribution in [-0.4, -0.2) is 21.6 Å². The van der Waals surface area contributed by atoms with E-state index in [1.807, 2.05) is 0 Å². The summed E-state index contributed by atoms with van der Waals surface area (Å²) in [6, 6.07) is 6.28. The second-order valence-corrected chi connectivity index (χ2v) is 9.77. The van der Waals surface area contributed by atoms with Gasteiger partial charge in [0.1, 0.15) is 16.2 Å². The van der Waals surface area contributed by atoms with Gasteiger partial charge in [-0.05, 0) is 42.4 Å². The average Bonchev–Trinajstić information content (AvgIpc) is 2.94. The highest BCUT2D eigenvalue weighted by Crippen LogP contribution is 2.35. The lowest BCUT2D eigenvalue weighted by molar-refractivity contribution is -0.113. The Morgan fingerprint density at radius 2 is 1.75 bits per heavy atom. The summed E-state index contributed by atoms with van der Waals surface area (Å²) in [7, 11) is 0. The van der Waals surface area contributed by atoms with Gasteiger partial charge in [0, 0.05) is 16.0 Å². The molecule has 0 aliphatic carbocycles. The van der Waals surface area contributed by atoms with Gasteiger partial charge in [0.25, 0.3) is 0 Å². The summed E-state index contributed by atoms with van der Waals surface area (Å²) in [5.74, 6) is 1.01. The van der Waals surface area contributed by atoms with Crippen molar-refractivity contribution in [3.63, 3.8) is 0 Å². The van der Waals surface area contributed by atoms with Crippen LogP contribution in [0.2, 0.25) is 0 Å². The molecule has 0 bridgehead atoms. The molecular weight excluding hydrogens is 386 g/mol. The Morgan fingerprint density at radius 1 is 1.11 bits per heavy atom. The first-order valence-electron chi connectivity index (χ1n) is 9.55. The number of carbonyl (C=O) groups is 1. The Hall–Kier alpha value is -1.92. The number of aromatic nitrogens is 2. The number of fused-ring (bicyclic) bond motifs is 1. The zero-order valence-electron chi connectivity index (χ0n) is 17.3. The van der Waals surface area contributed by atoms with Crippen LogP contribution in [-0.2, 0) is 4.79 Å². The number of para-hydroxylation sites is 1. The highest BCUT2D eigenvalue weighted by atomic mass is 32.2. The fraction of sp³-hybridized carbons (Fsp3) is 0.409. The van der Waals surface area contributed by atoms with Crippen molar-refractivity contribution in [2.24, 2.45) is 0 Å². The van der Waals surface area contributed by atoms with Gasteiger partial charge in [-0.2, -0.15) is 0 Å². The van der Waals surface area contributed by atoms with Crippen molar-refractivity contribution in [1.82, 2.24) is 9.97 Å². The van der Waals surface area contributed by atoms with Crippen LogP contribution in [0.1, 0.15) is 61.1 Å². The second kappa shape index (κ2) is 8.62. The maximum Gasteiger partial charge on any atom is 0.234 e. The van der Waals surface area contributed by atoms with Crippen molar-refractivity contribution >= 4 is 44.9 Å². The molecule has 0 saturated carbocycles. The molecule has 3 rings (SSSR count). The van der Waals surface area contributed by atoms with Crippen LogP contribution in [0.25, 0.3) is 10.2 Å². The topological polar surface area (TPSA) is 54.9 Å². The third-order valence-corrected chi connectivity index (χ3v) is 7.01. The van der Waals surface area contributed by atoms with Gasteiger partial charge in [-0.25, -0.2) is 9.97 Å². The summed E-state index contributed by atoms with van der Waals surface area (Å²) in [5.41, 5.74) is 4.53. The first kappa shape index (κ1) is 20.8. The molecule has 0 radical (unpaired) electrons. The van der Waals surface area contributed by atoms with E-state index in [0.717, 1.165) is 20.9 Å². The van der Waals surface area contributed by atoms with Crippen molar-refractivity contribution in [2.45, 2.75) is 58.4 Å². The van der Waals surface area contributed by atoms with Gasteiger partial charge in [-0.3, -0.25) is 4.79 Å². The molecule has 0 atom stereocenters. The highest BCUT2D eigenvalue weighted by molar-refractivity contribution is 8.00. The second-order valence-electron chi connectivity index (χ2n) is 7.60. The van der Waals surface area contributed by atoms with Gasteiger partial charge in [-0.1, -0.05) is 57.7 Å². The number of anilines is 1. The fourth-order valence-corrected chi connectivity index (χ4v) is 5.18. The molecule has 2 heterocycles. The lowest BCUT2D eigenvalue weighted by Gasteiger charge is -2.20. The number of nitrogens with zero attached hydrogens (tertiary/aromatic N) is 2. The molecule has 1 N–H and O–H groups in total. The molecule has 1 amide bonds. The Bertz CT molecular complexity index is 982. The molecule has 28 heavy (non-hydrogen) atoms. The van der Waals surface area contributed by atoms with E-state index in [9.17, 15) is 4.79 Å². The number of thioether (sulfide) groups is 1. The fourth-order valence-electron chi connectivity index (χ4n) is 3.26. The first-order chi connectivity index (χ1) is 13.3. The number of hydrogen-bond donors (Lipinski definition) is 1. The SMILES string of the molecule is Cc1sc2ncnc(SCC(=O)Nc3c(C(C)C)cccc3C(C)C)c2c1C. The number of thiophene rings is 1. The number of aryl methyl sites for hydroxylation is 2. The van der Waals surface area contributed by atoms with Crippen LogP contribution in [0, 0.1) is 13.8 Å². The Morgan fingerprint density at radius 3 is 2.36 bits per heavy atom. The van der Waals surface area contributed by atoms with Gasteiger partial charge in [-0.15, -0.1) is 11.3 Å². The van der Waals surface area contributed by atoms with Crippen LogP contribution in [0.4, 0.5) is 5.69 Å². The minimum atomic E-state index is -0.00336. The maximum absolute atomic E-state index is 12.8. The van der Waals surface area contributed by atoms with E-state index in [2.05, 4.69) is 75.0 Å². The zero-order valence-corrected chi connectivity index (χ0v) is 18.9. The van der Waals surface area contributed by atoms with Crippen molar-refractivity contribution in [2.75, 3.05) is 11.1 Å². The number of nitrogens with one attached hydrogen (secondary N) is 1. The van der Waals surface area contributed by atoms with E-state index in [1.54, 1.807) is 17.7 Å². The Labute approximate surface area is 175 Å². The van der Waals surface area contributed by atoms with Crippen molar-refractivity contribution in [1.29, 1.82) is 0 Å². The van der Waals surface area contributed by atoms with E-state index in [1.165, 1.54) is 33.3 Å². The molecule has 6 heteroatoms. The van der Waals surface area contributed by atoms with Crippen molar-refractivity contribution in [3.05, 3.63) is 46.1 Å². The lowest BCUT2D eigenvalue weighted by atomic mass is 9.92. The van der Waals surface area contributed by atoms with E-state index in [4.69, 9.17) is 0 Å². The monoisotopic (exact) mass is 413 g/mol. The number of amides is 1. The van der Waals surface area contributed by atoms with E-state index >= 15 is 0 Å². The van der Waals surface area contributed by atoms with Gasteiger partial charge >= 0.3 is 0 Å². The predicted molar refractivity (Wildman–Crippen MR) is 121 cm³/mol. The largest absolute Gasteiger partial charge is 0.325 e. The molecular formula is C22H27N3OS2. The number of hydrogen-bond acceptors (Lipinski definition) is 5. The summed E-state index contributed by atoms with van der Waals surface area (Å²) in [6.45, 7) is 12.8. The van der Waals surface area contributed by atoms with E-state index in [0.29, 0.717) is 17.6 Å². The van der Waals surface area contributed by atoms with Crippen LogP contribution >= 0.6 is 23.1 Å². The van der Waals surface area contributed by atoms with Gasteiger partial charge < -0.3 is 5.32 Å². The van der Waals surface area contributed by atoms with Crippen LogP contribution in [0.15, 0.2) is 29.6 Å². The highest BCUT2D eigenvalue weighted by Gasteiger charge is 2.17. The smallest absolute Gasteiger partial charge is 0.234 e. The summed E-state index contributed by atoms with van der Waals surface area (Å²) < 4.78 is 0. The molecule has 3 aromatic rings. The third kappa shape index (κ3) is 4.23. The molecule has 148 valence electrons. The van der Waals surface area contributed by atoms with E-state index in [-0.39, 0.29) is 5.91 Å². The first-order valence-corrected chi connectivity index (χ1v) is 11.4. The molecule has 0 aliphatic heterocycles. The molecule has 0 fully saturated rings. The van der Waals surface area contributed by atoms with Crippen LogP contribution in [0.5, 0.6) is 0 Å². The molecule has 0 spiro atoms. The minimum absolute atomic E-state index is 0.00336. The average molecular weight is 414 g/mol. The summed E-state index contributed by atoms with van der Waals surface area (Å²) in [4.78, 5) is 23.8. The molecule has 0 unspecified atom stereocenters. The van der Waals surface area contributed by atoms with Crippen molar-refractivity contribution < 1.29 is 4.79 Å². The Kier molecular flexibility index (Phi) is 6.40. The van der Waals surface area contributed by atoms with Gasteiger partial charge in [0.15, 0.2) is 0 Å². The van der Waals surface area contributed by atoms with Gasteiger partial charge in [0.05, 0.1) is 5.75 Å². The minimum Gasteiger partial charge on any atom is -0.325 e. The van der Waals surface area contributed by atoms with Gasteiger partial charge in [0.2, 0.25) is 5.91 Å². The third-order valence-electron chi connectivity index (χ3n) is 4.91. The summed E-state index contributed by atoms with van der Waals surface area (Å²) in [5, 5.41) is 5.13. The van der Waals surface area contributed by atoms with Crippen LogP contribution in [0.3, 0.4) is 0 Å². The van der Waals surface area contributed by atoms with Crippen LogP contribution < -0.4 is 5.32 Å². The standard InChI is InChI=1S/C22H27N3OS2/c1-12(2)16-8-7-9-17(13(3)4)20(16)25-18(26)10-27-21-19-14(5)15(6)28-22(19)24-11-23-21/h7-9,11-13H,10H2,1-6H3,(H,25,26). The summed E-state index contributed by atoms with van der Waals surface area (Å²) in [6.07, 6.45) is 1.59. The molecule has 0 saturated heterocycles. The normalized spacial score (nSPS) is 11.6. The van der Waals surface area contributed by atoms with Crippen molar-refractivity contribution in [3.8, 4) is 0 Å². The number of carbonyl (C=O) groups excluding carboxylic acids is 1. The quantitative estimate of drug-likeness (QED) is 0.381. The van der Waals surface area contributed by atoms with E-state index < -0.39 is 0 Å².